The summed E-state index contributed by atoms with van der Waals surface area (Å²) in [7, 11) is 0. The average Bonchev–Trinajstić information content (AvgIpc) is 2.56. The zero-order valence-electron chi connectivity index (χ0n) is 12.6. The van der Waals surface area contributed by atoms with E-state index in [0.717, 1.165) is 24.2 Å². The Kier molecular flexibility index (Phi) is 4.96. The molecule has 0 radical (unpaired) electrons. The molecule has 1 N–H and O–H groups in total. The van der Waals surface area contributed by atoms with Crippen LogP contribution in [0.25, 0.3) is 0 Å². The Hall–Kier alpha value is -1.88. The summed E-state index contributed by atoms with van der Waals surface area (Å²) in [4.78, 5) is 13.3. The summed E-state index contributed by atoms with van der Waals surface area (Å²) in [5.41, 5.74) is 2.31. The number of aromatic carboxylic acids is 1. The lowest BCUT2D eigenvalue weighted by atomic mass is 10.1. The lowest BCUT2D eigenvalue weighted by Crippen LogP contribution is -2.37. The van der Waals surface area contributed by atoms with Crippen LogP contribution in [-0.2, 0) is 11.3 Å². The molecule has 5 heteroatoms. The maximum Gasteiger partial charge on any atom is 0.335 e. The lowest BCUT2D eigenvalue weighted by Gasteiger charge is -2.33. The molecule has 1 saturated heterocycles. The highest BCUT2D eigenvalue weighted by Crippen LogP contribution is 2.28. The predicted octanol–water partition coefficient (Wildman–Crippen LogP) is 3.61. The molecule has 0 aromatic heterocycles. The molecular weight excluding hydrogens is 314 g/mol. The van der Waals surface area contributed by atoms with E-state index in [0.29, 0.717) is 23.7 Å². The molecule has 4 nitrogen and oxygen atoms in total. The smallest absolute Gasteiger partial charge is 0.335 e. The van der Waals surface area contributed by atoms with E-state index < -0.39 is 5.97 Å². The van der Waals surface area contributed by atoms with Crippen LogP contribution in [0.15, 0.2) is 48.5 Å². The number of carbonyl (C=O) groups is 1. The highest BCUT2D eigenvalue weighted by atomic mass is 35.5. The number of ether oxygens (including phenoxy) is 1. The average molecular weight is 332 g/mol. The fourth-order valence-corrected chi connectivity index (χ4v) is 3.09. The number of halogens is 1. The van der Waals surface area contributed by atoms with Gasteiger partial charge in [-0.05, 0) is 23.8 Å². The van der Waals surface area contributed by atoms with Crippen LogP contribution in [0.1, 0.15) is 27.6 Å². The van der Waals surface area contributed by atoms with Crippen molar-refractivity contribution in [2.45, 2.75) is 12.6 Å². The minimum absolute atomic E-state index is 0.0555. The monoisotopic (exact) mass is 331 g/mol. The second kappa shape index (κ2) is 7.13. The van der Waals surface area contributed by atoms with Crippen LogP contribution in [0, 0.1) is 0 Å². The maximum absolute atomic E-state index is 11.1. The van der Waals surface area contributed by atoms with Crippen molar-refractivity contribution >= 4 is 17.6 Å². The number of benzene rings is 2. The van der Waals surface area contributed by atoms with Gasteiger partial charge < -0.3 is 9.84 Å². The van der Waals surface area contributed by atoms with Crippen molar-refractivity contribution in [2.24, 2.45) is 0 Å². The first-order valence-electron chi connectivity index (χ1n) is 7.54. The Balaban J connectivity index is 1.71. The van der Waals surface area contributed by atoms with E-state index in [1.165, 1.54) is 0 Å². The number of carboxylic acids is 1. The SMILES string of the molecule is O=C(O)c1cccc(CN2CCOC(c3ccccc3Cl)C2)c1. The number of hydrogen-bond donors (Lipinski definition) is 1. The van der Waals surface area contributed by atoms with Gasteiger partial charge >= 0.3 is 5.97 Å². The number of morpholine rings is 1. The predicted molar refractivity (Wildman–Crippen MR) is 88.8 cm³/mol. The van der Waals surface area contributed by atoms with Crippen molar-refractivity contribution in [1.82, 2.24) is 4.90 Å². The Morgan fingerprint density at radius 1 is 1.26 bits per heavy atom. The van der Waals surface area contributed by atoms with Gasteiger partial charge in [-0.15, -0.1) is 0 Å². The molecule has 1 aliphatic heterocycles. The summed E-state index contributed by atoms with van der Waals surface area (Å²) in [6, 6.07) is 14.8. The van der Waals surface area contributed by atoms with Crippen molar-refractivity contribution in [3.8, 4) is 0 Å². The second-order valence-corrected chi connectivity index (χ2v) is 6.03. The van der Waals surface area contributed by atoms with E-state index in [4.69, 9.17) is 21.4 Å². The number of carboxylic acid groups (broad SMARTS) is 1. The Morgan fingerprint density at radius 2 is 2.09 bits per heavy atom. The van der Waals surface area contributed by atoms with E-state index in [1.807, 2.05) is 30.3 Å². The van der Waals surface area contributed by atoms with Crippen LogP contribution in [0.3, 0.4) is 0 Å². The van der Waals surface area contributed by atoms with Crippen LogP contribution < -0.4 is 0 Å². The molecule has 0 bridgehead atoms. The molecule has 1 fully saturated rings. The molecule has 120 valence electrons. The second-order valence-electron chi connectivity index (χ2n) is 5.62. The fourth-order valence-electron chi connectivity index (χ4n) is 2.83. The highest BCUT2D eigenvalue weighted by molar-refractivity contribution is 6.31. The fraction of sp³-hybridized carbons (Fsp3) is 0.278. The quantitative estimate of drug-likeness (QED) is 0.929. The van der Waals surface area contributed by atoms with Gasteiger partial charge in [-0.25, -0.2) is 4.79 Å². The van der Waals surface area contributed by atoms with Gasteiger partial charge in [0, 0.05) is 30.2 Å². The summed E-state index contributed by atoms with van der Waals surface area (Å²) in [5.74, 6) is -0.900. The van der Waals surface area contributed by atoms with Crippen molar-refractivity contribution in [3.63, 3.8) is 0 Å². The normalized spacial score (nSPS) is 18.7. The molecule has 3 rings (SSSR count). The van der Waals surface area contributed by atoms with Crippen LogP contribution in [-0.4, -0.2) is 35.7 Å². The minimum Gasteiger partial charge on any atom is -0.478 e. The Labute approximate surface area is 140 Å². The molecule has 0 amide bonds. The molecule has 2 aromatic carbocycles. The zero-order valence-corrected chi connectivity index (χ0v) is 13.4. The standard InChI is InChI=1S/C18H18ClNO3/c19-16-7-2-1-6-15(16)17-12-20(8-9-23-17)11-13-4-3-5-14(10-13)18(21)22/h1-7,10,17H,8-9,11-12H2,(H,21,22). The molecule has 0 aliphatic carbocycles. The number of rotatable bonds is 4. The van der Waals surface area contributed by atoms with Gasteiger partial charge in [0.1, 0.15) is 0 Å². The van der Waals surface area contributed by atoms with Gasteiger partial charge in [0.2, 0.25) is 0 Å². The molecule has 1 heterocycles. The molecule has 1 aliphatic rings. The van der Waals surface area contributed by atoms with Crippen LogP contribution in [0.5, 0.6) is 0 Å². The summed E-state index contributed by atoms with van der Waals surface area (Å²) in [5, 5.41) is 9.80. The van der Waals surface area contributed by atoms with Gasteiger partial charge in [0.05, 0.1) is 18.3 Å². The topological polar surface area (TPSA) is 49.8 Å². The van der Waals surface area contributed by atoms with E-state index >= 15 is 0 Å². The minimum atomic E-state index is -0.900. The molecule has 0 spiro atoms. The van der Waals surface area contributed by atoms with E-state index in [9.17, 15) is 4.79 Å². The molecular formula is C18H18ClNO3. The molecule has 0 saturated carbocycles. The first-order chi connectivity index (χ1) is 11.1. The van der Waals surface area contributed by atoms with Gasteiger partial charge in [-0.1, -0.05) is 41.9 Å². The van der Waals surface area contributed by atoms with Crippen molar-refractivity contribution < 1.29 is 14.6 Å². The first-order valence-corrected chi connectivity index (χ1v) is 7.92. The molecule has 1 atom stereocenters. The van der Waals surface area contributed by atoms with Crippen LogP contribution in [0.4, 0.5) is 0 Å². The third-order valence-corrected chi connectivity index (χ3v) is 4.33. The number of nitrogens with zero attached hydrogens (tertiary/aromatic N) is 1. The largest absolute Gasteiger partial charge is 0.478 e. The Morgan fingerprint density at radius 3 is 2.87 bits per heavy atom. The van der Waals surface area contributed by atoms with E-state index in [2.05, 4.69) is 4.90 Å². The summed E-state index contributed by atoms with van der Waals surface area (Å²) in [6.07, 6.45) is -0.0555. The van der Waals surface area contributed by atoms with Gasteiger partial charge in [-0.2, -0.15) is 0 Å². The Bertz CT molecular complexity index is 704. The highest BCUT2D eigenvalue weighted by Gasteiger charge is 2.23. The maximum atomic E-state index is 11.1. The first kappa shape index (κ1) is 16.0. The zero-order chi connectivity index (χ0) is 16.2. The third-order valence-electron chi connectivity index (χ3n) is 3.98. The third kappa shape index (κ3) is 3.91. The summed E-state index contributed by atoms with van der Waals surface area (Å²) < 4.78 is 5.85. The van der Waals surface area contributed by atoms with E-state index in [-0.39, 0.29) is 6.10 Å². The molecule has 2 aromatic rings. The molecule has 23 heavy (non-hydrogen) atoms. The van der Waals surface area contributed by atoms with Crippen molar-refractivity contribution in [3.05, 3.63) is 70.2 Å². The number of hydrogen-bond acceptors (Lipinski definition) is 3. The molecule has 1 unspecified atom stereocenters. The lowest BCUT2D eigenvalue weighted by molar-refractivity contribution is -0.0328. The van der Waals surface area contributed by atoms with Gasteiger partial charge in [0.15, 0.2) is 0 Å². The van der Waals surface area contributed by atoms with Crippen LogP contribution in [0.2, 0.25) is 5.02 Å². The summed E-state index contributed by atoms with van der Waals surface area (Å²) >= 11 is 6.26. The van der Waals surface area contributed by atoms with Crippen molar-refractivity contribution in [1.29, 1.82) is 0 Å². The van der Waals surface area contributed by atoms with Crippen LogP contribution >= 0.6 is 11.6 Å². The van der Waals surface area contributed by atoms with Gasteiger partial charge in [-0.3, -0.25) is 4.90 Å². The van der Waals surface area contributed by atoms with Crippen molar-refractivity contribution in [2.75, 3.05) is 19.7 Å². The van der Waals surface area contributed by atoms with E-state index in [1.54, 1.807) is 18.2 Å². The van der Waals surface area contributed by atoms with Gasteiger partial charge in [0.25, 0.3) is 0 Å². The summed E-state index contributed by atoms with van der Waals surface area (Å²) in [6.45, 7) is 2.89.